The predicted octanol–water partition coefficient (Wildman–Crippen LogP) is 1.64. The lowest BCUT2D eigenvalue weighted by Gasteiger charge is -2.32. The minimum absolute atomic E-state index is 0.219. The quantitative estimate of drug-likeness (QED) is 0.811. The van der Waals surface area contributed by atoms with E-state index in [0.29, 0.717) is 4.73 Å². The van der Waals surface area contributed by atoms with E-state index in [-0.39, 0.29) is 5.41 Å². The van der Waals surface area contributed by atoms with Crippen molar-refractivity contribution in [3.05, 3.63) is 10.6 Å². The van der Waals surface area contributed by atoms with Gasteiger partial charge in [0, 0.05) is 20.1 Å². The Morgan fingerprint density at radius 3 is 3.14 bits per heavy atom. The van der Waals surface area contributed by atoms with Gasteiger partial charge in [-0.2, -0.15) is 0 Å². The van der Waals surface area contributed by atoms with E-state index in [9.17, 15) is 0 Å². The standard InChI is InChI=1S/C9H14BrN3O/c1-9(6-14-2)3-4-13-7(5-9)11-8(10)12-13/h3-6H2,1-2H3. The van der Waals surface area contributed by atoms with Gasteiger partial charge in [-0.05, 0) is 27.8 Å². The molecule has 0 spiro atoms. The van der Waals surface area contributed by atoms with Gasteiger partial charge in [0.05, 0.1) is 6.61 Å². The van der Waals surface area contributed by atoms with Crippen molar-refractivity contribution in [3.63, 3.8) is 0 Å². The molecule has 1 atom stereocenters. The number of hydrogen-bond donors (Lipinski definition) is 0. The molecule has 0 saturated carbocycles. The summed E-state index contributed by atoms with van der Waals surface area (Å²) in [4.78, 5) is 4.34. The zero-order valence-electron chi connectivity index (χ0n) is 8.46. The molecule has 78 valence electrons. The van der Waals surface area contributed by atoms with Gasteiger partial charge < -0.3 is 4.74 Å². The van der Waals surface area contributed by atoms with Gasteiger partial charge in [-0.25, -0.2) is 9.67 Å². The van der Waals surface area contributed by atoms with Crippen molar-refractivity contribution < 1.29 is 4.74 Å². The van der Waals surface area contributed by atoms with Crippen LogP contribution in [0, 0.1) is 5.41 Å². The molecule has 0 fully saturated rings. The van der Waals surface area contributed by atoms with Gasteiger partial charge in [-0.3, -0.25) is 0 Å². The fourth-order valence-corrected chi connectivity index (χ4v) is 2.37. The Morgan fingerprint density at radius 1 is 1.64 bits per heavy atom. The Kier molecular flexibility index (Phi) is 2.62. The molecule has 1 aliphatic heterocycles. The second-order valence-corrected chi connectivity index (χ2v) is 4.90. The summed E-state index contributed by atoms with van der Waals surface area (Å²) in [5, 5.41) is 4.26. The van der Waals surface area contributed by atoms with Crippen LogP contribution in [0.3, 0.4) is 0 Å². The lowest BCUT2D eigenvalue weighted by atomic mass is 9.82. The predicted molar refractivity (Wildman–Crippen MR) is 56.0 cm³/mol. The molecule has 0 radical (unpaired) electrons. The minimum Gasteiger partial charge on any atom is -0.384 e. The third kappa shape index (κ3) is 1.83. The molecule has 0 amide bonds. The molecule has 0 saturated heterocycles. The first-order valence-electron chi connectivity index (χ1n) is 4.71. The molecule has 2 rings (SSSR count). The van der Waals surface area contributed by atoms with E-state index in [1.165, 1.54) is 0 Å². The summed E-state index contributed by atoms with van der Waals surface area (Å²) in [7, 11) is 1.75. The highest BCUT2D eigenvalue weighted by molar-refractivity contribution is 9.10. The first-order chi connectivity index (χ1) is 6.63. The normalized spacial score (nSPS) is 26.2. The van der Waals surface area contributed by atoms with Gasteiger partial charge in [-0.1, -0.05) is 6.92 Å². The second-order valence-electron chi connectivity index (χ2n) is 4.19. The monoisotopic (exact) mass is 259 g/mol. The van der Waals surface area contributed by atoms with Crippen LogP contribution < -0.4 is 0 Å². The van der Waals surface area contributed by atoms with Crippen molar-refractivity contribution in [2.45, 2.75) is 26.3 Å². The molecule has 1 unspecified atom stereocenters. The molecule has 0 N–H and O–H groups in total. The smallest absolute Gasteiger partial charge is 0.217 e. The van der Waals surface area contributed by atoms with E-state index >= 15 is 0 Å². The van der Waals surface area contributed by atoms with Crippen LogP contribution in [0.25, 0.3) is 0 Å². The average molecular weight is 260 g/mol. The van der Waals surface area contributed by atoms with E-state index in [2.05, 4.69) is 32.9 Å². The number of methoxy groups -OCH3 is 1. The van der Waals surface area contributed by atoms with Crippen molar-refractivity contribution in [1.29, 1.82) is 0 Å². The van der Waals surface area contributed by atoms with E-state index in [4.69, 9.17) is 4.74 Å². The summed E-state index contributed by atoms with van der Waals surface area (Å²) in [6.07, 6.45) is 2.04. The summed E-state index contributed by atoms with van der Waals surface area (Å²) in [6, 6.07) is 0. The lowest BCUT2D eigenvalue weighted by Crippen LogP contribution is -2.33. The molecule has 4 nitrogen and oxygen atoms in total. The third-order valence-electron chi connectivity index (χ3n) is 2.73. The van der Waals surface area contributed by atoms with Crippen LogP contribution in [0.4, 0.5) is 0 Å². The lowest BCUT2D eigenvalue weighted by molar-refractivity contribution is 0.0692. The maximum Gasteiger partial charge on any atom is 0.217 e. The van der Waals surface area contributed by atoms with Crippen LogP contribution in [0.5, 0.6) is 0 Å². The average Bonchev–Trinajstić information content (AvgIpc) is 2.44. The number of aryl methyl sites for hydroxylation is 1. The zero-order valence-corrected chi connectivity index (χ0v) is 10.0. The van der Waals surface area contributed by atoms with Crippen LogP contribution in [0.2, 0.25) is 0 Å². The molecule has 5 heteroatoms. The molecule has 0 aromatic carbocycles. The number of fused-ring (bicyclic) bond motifs is 1. The van der Waals surface area contributed by atoms with E-state index in [1.807, 2.05) is 4.68 Å². The number of nitrogens with zero attached hydrogens (tertiary/aromatic N) is 3. The van der Waals surface area contributed by atoms with Crippen LogP contribution in [0.15, 0.2) is 4.73 Å². The molecule has 2 heterocycles. The van der Waals surface area contributed by atoms with Crippen LogP contribution in [0.1, 0.15) is 19.2 Å². The molecule has 1 aliphatic rings. The van der Waals surface area contributed by atoms with Gasteiger partial charge in [0.1, 0.15) is 5.82 Å². The highest BCUT2D eigenvalue weighted by Crippen LogP contribution is 2.31. The molecule has 1 aromatic rings. The molecular formula is C9H14BrN3O. The van der Waals surface area contributed by atoms with Gasteiger partial charge in [0.2, 0.25) is 4.73 Å². The van der Waals surface area contributed by atoms with Crippen LogP contribution in [-0.4, -0.2) is 28.5 Å². The summed E-state index contributed by atoms with van der Waals surface area (Å²) >= 11 is 3.29. The number of halogens is 1. The van der Waals surface area contributed by atoms with Gasteiger partial charge in [-0.15, -0.1) is 5.10 Å². The van der Waals surface area contributed by atoms with Crippen molar-refractivity contribution in [2.75, 3.05) is 13.7 Å². The Balaban J connectivity index is 2.20. The first kappa shape index (κ1) is 10.1. The largest absolute Gasteiger partial charge is 0.384 e. The van der Waals surface area contributed by atoms with E-state index < -0.39 is 0 Å². The summed E-state index contributed by atoms with van der Waals surface area (Å²) in [5.41, 5.74) is 0.219. The summed E-state index contributed by atoms with van der Waals surface area (Å²) in [6.45, 7) is 3.97. The van der Waals surface area contributed by atoms with Gasteiger partial charge in [0.25, 0.3) is 0 Å². The maximum absolute atomic E-state index is 5.24. The maximum atomic E-state index is 5.24. The topological polar surface area (TPSA) is 39.9 Å². The number of hydrogen-bond acceptors (Lipinski definition) is 3. The van der Waals surface area contributed by atoms with E-state index in [0.717, 1.165) is 31.8 Å². The Labute approximate surface area is 91.8 Å². The minimum atomic E-state index is 0.219. The third-order valence-corrected chi connectivity index (χ3v) is 3.06. The van der Waals surface area contributed by atoms with Crippen molar-refractivity contribution >= 4 is 15.9 Å². The van der Waals surface area contributed by atoms with E-state index in [1.54, 1.807) is 7.11 Å². The molecule has 14 heavy (non-hydrogen) atoms. The van der Waals surface area contributed by atoms with Crippen LogP contribution >= 0.6 is 15.9 Å². The van der Waals surface area contributed by atoms with Gasteiger partial charge >= 0.3 is 0 Å². The van der Waals surface area contributed by atoms with Crippen LogP contribution in [-0.2, 0) is 17.7 Å². The summed E-state index contributed by atoms with van der Waals surface area (Å²) < 4.78 is 7.90. The fourth-order valence-electron chi connectivity index (χ4n) is 1.97. The Hall–Kier alpha value is -0.420. The van der Waals surface area contributed by atoms with Gasteiger partial charge in [0.15, 0.2) is 0 Å². The second kappa shape index (κ2) is 3.62. The Bertz CT molecular complexity index is 339. The first-order valence-corrected chi connectivity index (χ1v) is 5.50. The number of aromatic nitrogens is 3. The Morgan fingerprint density at radius 2 is 2.43 bits per heavy atom. The fraction of sp³-hybridized carbons (Fsp3) is 0.778. The van der Waals surface area contributed by atoms with Crippen molar-refractivity contribution in [2.24, 2.45) is 5.41 Å². The highest BCUT2D eigenvalue weighted by Gasteiger charge is 2.31. The zero-order chi connectivity index (χ0) is 10.2. The highest BCUT2D eigenvalue weighted by atomic mass is 79.9. The molecular weight excluding hydrogens is 246 g/mol. The SMILES string of the molecule is COCC1(C)CCn2nc(Br)nc2C1. The molecule has 1 aromatic heterocycles. The number of rotatable bonds is 2. The summed E-state index contributed by atoms with van der Waals surface area (Å²) in [5.74, 6) is 1.06. The van der Waals surface area contributed by atoms with Crippen molar-refractivity contribution in [3.8, 4) is 0 Å². The van der Waals surface area contributed by atoms with Crippen molar-refractivity contribution in [1.82, 2.24) is 14.8 Å². The molecule has 0 bridgehead atoms. The number of ether oxygens (including phenoxy) is 1. The molecule has 0 aliphatic carbocycles.